The molecule has 0 aliphatic carbocycles. The molecule has 104 valence electrons. The summed E-state index contributed by atoms with van der Waals surface area (Å²) in [6, 6.07) is 0. The molecule has 0 atom stereocenters. The lowest BCUT2D eigenvalue weighted by atomic mass is 10.2. The van der Waals surface area contributed by atoms with Crippen LogP contribution in [0.25, 0.3) is 0 Å². The molecule has 1 aromatic rings. The summed E-state index contributed by atoms with van der Waals surface area (Å²) in [6.45, 7) is 6.43. The van der Waals surface area contributed by atoms with Crippen LogP contribution < -0.4 is 0 Å². The standard InChI is InChI=1S/C14H21ClN2SSi/c1-4-5-6-7-8-9-13-10-16-14(17-11-13)18-12-19(2,3)15/h10-11H,4-6,9,12H2,1-3H3. The number of rotatable bonds is 6. The second-order valence-corrected chi connectivity index (χ2v) is 13.3. The van der Waals surface area contributed by atoms with Crippen molar-refractivity contribution >= 4 is 30.2 Å². The van der Waals surface area contributed by atoms with E-state index in [0.29, 0.717) is 0 Å². The quantitative estimate of drug-likeness (QED) is 0.196. The molecule has 2 nitrogen and oxygen atoms in total. The Morgan fingerprint density at radius 3 is 2.53 bits per heavy atom. The maximum absolute atomic E-state index is 6.27. The van der Waals surface area contributed by atoms with Crippen LogP contribution in [-0.2, 0) is 6.42 Å². The van der Waals surface area contributed by atoms with Gasteiger partial charge in [0.2, 0.25) is 0 Å². The predicted molar refractivity (Wildman–Crippen MR) is 87.1 cm³/mol. The van der Waals surface area contributed by atoms with Gasteiger partial charge in [-0.1, -0.05) is 44.1 Å². The number of unbranched alkanes of at least 4 members (excludes halogenated alkanes) is 2. The van der Waals surface area contributed by atoms with E-state index in [1.165, 1.54) is 12.8 Å². The van der Waals surface area contributed by atoms with E-state index in [4.69, 9.17) is 11.1 Å². The Bertz CT molecular complexity index is 431. The Kier molecular flexibility index (Phi) is 7.51. The molecule has 0 fully saturated rings. The maximum atomic E-state index is 6.27. The summed E-state index contributed by atoms with van der Waals surface area (Å²) in [6.07, 6.45) is 7.84. The fourth-order valence-corrected chi connectivity index (χ4v) is 3.90. The first-order valence-electron chi connectivity index (χ1n) is 6.59. The number of thioether (sulfide) groups is 1. The van der Waals surface area contributed by atoms with Crippen LogP contribution >= 0.6 is 22.8 Å². The van der Waals surface area contributed by atoms with Gasteiger partial charge in [-0.3, -0.25) is 0 Å². The summed E-state index contributed by atoms with van der Waals surface area (Å²) in [5.74, 6) is 6.33. The van der Waals surface area contributed by atoms with Gasteiger partial charge in [-0.2, -0.15) is 11.1 Å². The van der Waals surface area contributed by atoms with E-state index in [1.54, 1.807) is 11.8 Å². The molecule has 0 aromatic carbocycles. The topological polar surface area (TPSA) is 25.8 Å². The number of halogens is 1. The average molecular weight is 313 g/mol. The minimum absolute atomic E-state index is 0.740. The third-order valence-electron chi connectivity index (χ3n) is 2.30. The highest BCUT2D eigenvalue weighted by atomic mass is 35.6. The van der Waals surface area contributed by atoms with Crippen LogP contribution in [0.2, 0.25) is 13.1 Å². The van der Waals surface area contributed by atoms with Crippen molar-refractivity contribution in [1.29, 1.82) is 0 Å². The molecule has 1 aromatic heterocycles. The van der Waals surface area contributed by atoms with E-state index in [1.807, 2.05) is 12.4 Å². The Balaban J connectivity index is 2.40. The van der Waals surface area contributed by atoms with Crippen LogP contribution in [0.15, 0.2) is 17.6 Å². The molecule has 0 unspecified atom stereocenters. The Morgan fingerprint density at radius 2 is 1.95 bits per heavy atom. The second-order valence-electron chi connectivity index (χ2n) is 5.02. The molecule has 0 spiro atoms. The van der Waals surface area contributed by atoms with Gasteiger partial charge in [-0.25, -0.2) is 9.97 Å². The first kappa shape index (κ1) is 16.6. The first-order valence-corrected chi connectivity index (χ1v) is 11.8. The summed E-state index contributed by atoms with van der Waals surface area (Å²) in [5.41, 5.74) is 1.08. The van der Waals surface area contributed by atoms with Crippen LogP contribution in [0.3, 0.4) is 0 Å². The SMILES string of the molecule is CCCCC#CCc1cnc(SC[Si](C)(C)Cl)nc1. The van der Waals surface area contributed by atoms with Crippen molar-refractivity contribution in [2.24, 2.45) is 0 Å². The summed E-state index contributed by atoms with van der Waals surface area (Å²) in [7, 11) is -1.55. The highest BCUT2D eigenvalue weighted by Crippen LogP contribution is 2.20. The van der Waals surface area contributed by atoms with Gasteiger partial charge in [0.25, 0.3) is 0 Å². The van der Waals surface area contributed by atoms with Gasteiger partial charge in [-0.15, -0.1) is 5.92 Å². The minimum Gasteiger partial charge on any atom is -0.231 e. The van der Waals surface area contributed by atoms with Gasteiger partial charge < -0.3 is 0 Å². The number of hydrogen-bond acceptors (Lipinski definition) is 3. The summed E-state index contributed by atoms with van der Waals surface area (Å²) >= 11 is 7.91. The zero-order valence-corrected chi connectivity index (χ0v) is 14.4. The molecule has 19 heavy (non-hydrogen) atoms. The zero-order chi connectivity index (χ0) is 14.1. The van der Waals surface area contributed by atoms with Crippen molar-refractivity contribution in [3.63, 3.8) is 0 Å². The fourth-order valence-electron chi connectivity index (χ4n) is 1.26. The molecular formula is C14H21ClN2SSi. The molecule has 5 heteroatoms. The number of aromatic nitrogens is 2. The number of hydrogen-bond donors (Lipinski definition) is 0. The Morgan fingerprint density at radius 1 is 1.26 bits per heavy atom. The van der Waals surface area contributed by atoms with E-state index in [9.17, 15) is 0 Å². The average Bonchev–Trinajstić information content (AvgIpc) is 2.37. The monoisotopic (exact) mass is 312 g/mol. The van der Waals surface area contributed by atoms with Crippen molar-refractivity contribution < 1.29 is 0 Å². The molecule has 0 radical (unpaired) electrons. The van der Waals surface area contributed by atoms with Crippen LogP contribution in [0.4, 0.5) is 0 Å². The largest absolute Gasteiger partial charge is 0.231 e. The molecule has 0 aliphatic rings. The normalized spacial score (nSPS) is 10.9. The molecule has 1 heterocycles. The molecule has 0 aliphatic heterocycles. The van der Waals surface area contributed by atoms with E-state index in [0.717, 1.165) is 28.9 Å². The van der Waals surface area contributed by atoms with Crippen molar-refractivity contribution in [1.82, 2.24) is 9.97 Å². The van der Waals surface area contributed by atoms with E-state index >= 15 is 0 Å². The van der Waals surface area contributed by atoms with E-state index in [2.05, 4.69) is 41.8 Å². The van der Waals surface area contributed by atoms with Gasteiger partial charge >= 0.3 is 0 Å². The van der Waals surface area contributed by atoms with Gasteiger partial charge in [0, 0.05) is 36.2 Å². The van der Waals surface area contributed by atoms with Crippen LogP contribution in [-0.4, -0.2) is 22.7 Å². The van der Waals surface area contributed by atoms with Crippen molar-refractivity contribution in [3.8, 4) is 11.8 Å². The summed E-state index contributed by atoms with van der Waals surface area (Å²) < 4.78 is 0. The van der Waals surface area contributed by atoms with Gasteiger partial charge in [0.15, 0.2) is 12.5 Å². The maximum Gasteiger partial charge on any atom is 0.187 e. The van der Waals surface area contributed by atoms with Crippen molar-refractivity contribution in [2.45, 2.75) is 50.9 Å². The molecule has 0 saturated heterocycles. The fraction of sp³-hybridized carbons (Fsp3) is 0.571. The lowest BCUT2D eigenvalue weighted by molar-refractivity contribution is 0.827. The molecule has 1 rings (SSSR count). The summed E-state index contributed by atoms with van der Waals surface area (Å²) in [5, 5.41) is 1.74. The van der Waals surface area contributed by atoms with Crippen LogP contribution in [0, 0.1) is 11.8 Å². The first-order chi connectivity index (χ1) is 9.01. The number of nitrogens with zero attached hydrogens (tertiary/aromatic N) is 2. The molecule has 0 N–H and O–H groups in total. The van der Waals surface area contributed by atoms with Crippen molar-refractivity contribution in [2.75, 3.05) is 5.38 Å². The van der Waals surface area contributed by atoms with Crippen LogP contribution in [0.1, 0.15) is 31.7 Å². The Labute approximate surface area is 126 Å². The lowest BCUT2D eigenvalue weighted by Crippen LogP contribution is -2.20. The van der Waals surface area contributed by atoms with E-state index < -0.39 is 7.38 Å². The third-order valence-corrected chi connectivity index (χ3v) is 7.07. The smallest absolute Gasteiger partial charge is 0.187 e. The van der Waals surface area contributed by atoms with Gasteiger partial charge in [-0.05, 0) is 6.42 Å². The third kappa shape index (κ3) is 8.30. The molecule has 0 bridgehead atoms. The second kappa shape index (κ2) is 8.62. The molecule has 0 amide bonds. The highest BCUT2D eigenvalue weighted by molar-refractivity contribution is 8.01. The van der Waals surface area contributed by atoms with Crippen LogP contribution in [0.5, 0.6) is 0 Å². The Hall–Kier alpha value is -0.503. The molecule has 0 saturated carbocycles. The zero-order valence-electron chi connectivity index (χ0n) is 11.9. The lowest BCUT2D eigenvalue weighted by Gasteiger charge is -2.10. The van der Waals surface area contributed by atoms with Gasteiger partial charge in [0.05, 0.1) is 0 Å². The predicted octanol–water partition coefficient (Wildman–Crippen LogP) is 4.29. The summed E-state index contributed by atoms with van der Waals surface area (Å²) in [4.78, 5) is 8.69. The highest BCUT2D eigenvalue weighted by Gasteiger charge is 2.17. The van der Waals surface area contributed by atoms with Crippen molar-refractivity contribution in [3.05, 3.63) is 18.0 Å². The van der Waals surface area contributed by atoms with Gasteiger partial charge in [0.1, 0.15) is 0 Å². The molecular weight excluding hydrogens is 292 g/mol. The van der Waals surface area contributed by atoms with E-state index in [-0.39, 0.29) is 0 Å². The minimum atomic E-state index is -1.55.